The highest BCUT2D eigenvalue weighted by molar-refractivity contribution is 7.98. The number of carbonyl (C=O) groups is 1. The standard InChI is InChI=1S/C13H16ClF3N2O4S2/c1-12(21,13(15,16)17)11(20)19-10-4-3-8(7-9(10)14)25(22,23)18-5-6-24-2/h3-4,7,18,21H,5-6H2,1-2H3,(H,19,20). The van der Waals surface area contributed by atoms with E-state index < -0.39 is 27.7 Å². The molecule has 0 aliphatic heterocycles. The second-order valence-electron chi connectivity index (χ2n) is 5.06. The maximum absolute atomic E-state index is 12.6. The lowest BCUT2D eigenvalue weighted by atomic mass is 10.1. The summed E-state index contributed by atoms with van der Waals surface area (Å²) in [5.41, 5.74) is -3.89. The zero-order valence-electron chi connectivity index (χ0n) is 13.1. The molecule has 1 unspecified atom stereocenters. The summed E-state index contributed by atoms with van der Waals surface area (Å²) < 4.78 is 64.2. The Balaban J connectivity index is 2.99. The highest BCUT2D eigenvalue weighted by Gasteiger charge is 2.55. The molecule has 1 amide bonds. The van der Waals surface area contributed by atoms with Crippen LogP contribution < -0.4 is 10.0 Å². The van der Waals surface area contributed by atoms with Crippen molar-refractivity contribution in [2.45, 2.75) is 23.6 Å². The molecular formula is C13H16ClF3N2O4S2. The van der Waals surface area contributed by atoms with Crippen LogP contribution in [0.1, 0.15) is 6.92 Å². The number of anilines is 1. The van der Waals surface area contributed by atoms with Crippen molar-refractivity contribution in [3.8, 4) is 0 Å². The molecule has 1 aromatic carbocycles. The van der Waals surface area contributed by atoms with Gasteiger partial charge in [-0.05, 0) is 31.4 Å². The van der Waals surface area contributed by atoms with Crippen LogP contribution in [-0.4, -0.2) is 49.8 Å². The molecular weight excluding hydrogens is 405 g/mol. The Morgan fingerprint density at radius 1 is 1.36 bits per heavy atom. The molecule has 0 fully saturated rings. The summed E-state index contributed by atoms with van der Waals surface area (Å²) in [4.78, 5) is 11.4. The Labute approximate surface area is 152 Å². The molecule has 142 valence electrons. The van der Waals surface area contributed by atoms with Gasteiger partial charge in [0.25, 0.3) is 5.91 Å². The number of hydrogen-bond acceptors (Lipinski definition) is 5. The Bertz CT molecular complexity index is 739. The summed E-state index contributed by atoms with van der Waals surface area (Å²) in [7, 11) is -3.84. The molecule has 0 aliphatic carbocycles. The van der Waals surface area contributed by atoms with E-state index in [-0.39, 0.29) is 22.2 Å². The monoisotopic (exact) mass is 420 g/mol. The Kier molecular flexibility index (Phi) is 7.16. The minimum atomic E-state index is -5.19. The van der Waals surface area contributed by atoms with Gasteiger partial charge < -0.3 is 10.4 Å². The number of nitrogens with one attached hydrogen (secondary N) is 2. The molecule has 0 heterocycles. The third-order valence-corrected chi connectivity index (χ3v) is 5.48. The van der Waals surface area contributed by atoms with Gasteiger partial charge in [-0.3, -0.25) is 4.79 Å². The van der Waals surface area contributed by atoms with E-state index in [2.05, 4.69) is 4.72 Å². The number of aliphatic hydroxyl groups is 1. The third kappa shape index (κ3) is 5.48. The molecule has 0 spiro atoms. The molecule has 3 N–H and O–H groups in total. The second kappa shape index (κ2) is 8.12. The fourth-order valence-electron chi connectivity index (χ4n) is 1.50. The molecule has 25 heavy (non-hydrogen) atoms. The number of benzene rings is 1. The average Bonchev–Trinajstić information content (AvgIpc) is 2.48. The zero-order chi connectivity index (χ0) is 19.5. The van der Waals surface area contributed by atoms with Gasteiger partial charge in [0.15, 0.2) is 0 Å². The van der Waals surface area contributed by atoms with E-state index in [1.807, 2.05) is 5.32 Å². The van der Waals surface area contributed by atoms with Crippen molar-refractivity contribution >= 4 is 45.0 Å². The van der Waals surface area contributed by atoms with Crippen LogP contribution in [0.2, 0.25) is 5.02 Å². The summed E-state index contributed by atoms with van der Waals surface area (Å²) in [6, 6.07) is 3.10. The predicted octanol–water partition coefficient (Wildman–Crippen LogP) is 2.23. The van der Waals surface area contributed by atoms with Crippen molar-refractivity contribution in [1.29, 1.82) is 0 Å². The zero-order valence-corrected chi connectivity index (χ0v) is 15.5. The third-order valence-electron chi connectivity index (χ3n) is 3.09. The Morgan fingerprint density at radius 2 is 1.96 bits per heavy atom. The summed E-state index contributed by atoms with van der Waals surface area (Å²) in [6.45, 7) is 0.485. The summed E-state index contributed by atoms with van der Waals surface area (Å²) in [5.74, 6) is -1.19. The van der Waals surface area contributed by atoms with Crippen LogP contribution in [0, 0.1) is 0 Å². The van der Waals surface area contributed by atoms with Gasteiger partial charge in [0, 0.05) is 12.3 Å². The molecule has 1 atom stereocenters. The van der Waals surface area contributed by atoms with Crippen molar-refractivity contribution in [3.63, 3.8) is 0 Å². The van der Waals surface area contributed by atoms with E-state index in [1.165, 1.54) is 11.8 Å². The first-order valence-corrected chi connectivity index (χ1v) is 9.97. The number of halogens is 4. The van der Waals surface area contributed by atoms with Crippen LogP contribution in [0.3, 0.4) is 0 Å². The van der Waals surface area contributed by atoms with Gasteiger partial charge in [-0.25, -0.2) is 13.1 Å². The Morgan fingerprint density at radius 3 is 2.44 bits per heavy atom. The first-order chi connectivity index (χ1) is 11.3. The second-order valence-corrected chi connectivity index (χ2v) is 8.22. The highest BCUT2D eigenvalue weighted by Crippen LogP contribution is 2.32. The number of carbonyl (C=O) groups excluding carboxylic acids is 1. The van der Waals surface area contributed by atoms with E-state index in [0.29, 0.717) is 12.7 Å². The minimum Gasteiger partial charge on any atom is -0.373 e. The molecule has 6 nitrogen and oxygen atoms in total. The van der Waals surface area contributed by atoms with Crippen molar-refractivity contribution < 1.29 is 31.5 Å². The maximum atomic E-state index is 12.6. The molecule has 0 radical (unpaired) electrons. The number of thioether (sulfide) groups is 1. The SMILES string of the molecule is CSCCNS(=O)(=O)c1ccc(NC(=O)C(C)(O)C(F)(F)F)c(Cl)c1. The fourth-order valence-corrected chi connectivity index (χ4v) is 3.28. The first-order valence-electron chi connectivity index (χ1n) is 6.71. The molecule has 0 saturated carbocycles. The van der Waals surface area contributed by atoms with E-state index in [0.717, 1.165) is 18.2 Å². The quantitative estimate of drug-likeness (QED) is 0.588. The topological polar surface area (TPSA) is 95.5 Å². The molecule has 0 bridgehead atoms. The van der Waals surface area contributed by atoms with Crippen LogP contribution in [0.15, 0.2) is 23.1 Å². The predicted molar refractivity (Wildman–Crippen MR) is 90.3 cm³/mol. The lowest BCUT2D eigenvalue weighted by Crippen LogP contribution is -2.52. The minimum absolute atomic E-state index is 0.189. The molecule has 12 heteroatoms. The van der Waals surface area contributed by atoms with Crippen molar-refractivity contribution in [2.24, 2.45) is 0 Å². The normalized spacial score (nSPS) is 14.8. The van der Waals surface area contributed by atoms with E-state index in [4.69, 9.17) is 11.6 Å². The fraction of sp³-hybridized carbons (Fsp3) is 0.462. The van der Waals surface area contributed by atoms with Crippen LogP contribution in [0.4, 0.5) is 18.9 Å². The van der Waals surface area contributed by atoms with Crippen LogP contribution >= 0.6 is 23.4 Å². The first kappa shape index (κ1) is 22.0. The molecule has 0 saturated heterocycles. The molecule has 1 aromatic rings. The molecule has 0 aromatic heterocycles. The lowest BCUT2D eigenvalue weighted by Gasteiger charge is -2.25. The summed E-state index contributed by atoms with van der Waals surface area (Å²) in [5, 5.41) is 10.8. The number of rotatable bonds is 7. The van der Waals surface area contributed by atoms with E-state index in [1.54, 1.807) is 6.26 Å². The van der Waals surface area contributed by atoms with Gasteiger partial charge in [0.2, 0.25) is 15.6 Å². The largest absolute Gasteiger partial charge is 0.426 e. The van der Waals surface area contributed by atoms with Crippen LogP contribution in [0.25, 0.3) is 0 Å². The van der Waals surface area contributed by atoms with E-state index in [9.17, 15) is 31.5 Å². The smallest absolute Gasteiger partial charge is 0.373 e. The number of sulfonamides is 1. The average molecular weight is 421 g/mol. The van der Waals surface area contributed by atoms with Gasteiger partial charge in [-0.15, -0.1) is 0 Å². The summed E-state index contributed by atoms with van der Waals surface area (Å²) >= 11 is 7.27. The van der Waals surface area contributed by atoms with Crippen molar-refractivity contribution in [3.05, 3.63) is 23.2 Å². The van der Waals surface area contributed by atoms with E-state index >= 15 is 0 Å². The molecule has 1 rings (SSSR count). The van der Waals surface area contributed by atoms with Crippen LogP contribution in [-0.2, 0) is 14.8 Å². The summed E-state index contributed by atoms with van der Waals surface area (Å²) in [6.07, 6.45) is -3.38. The van der Waals surface area contributed by atoms with Gasteiger partial charge in [0.05, 0.1) is 15.6 Å². The highest BCUT2D eigenvalue weighted by atomic mass is 35.5. The Hall–Kier alpha value is -1.01. The van der Waals surface area contributed by atoms with Gasteiger partial charge >= 0.3 is 6.18 Å². The number of hydrogen-bond donors (Lipinski definition) is 3. The number of alkyl halides is 3. The number of amides is 1. The van der Waals surface area contributed by atoms with Gasteiger partial charge in [0.1, 0.15) is 0 Å². The maximum Gasteiger partial charge on any atom is 0.426 e. The lowest BCUT2D eigenvalue weighted by molar-refractivity contribution is -0.242. The van der Waals surface area contributed by atoms with Gasteiger partial charge in [-0.1, -0.05) is 11.6 Å². The van der Waals surface area contributed by atoms with Gasteiger partial charge in [-0.2, -0.15) is 24.9 Å². The van der Waals surface area contributed by atoms with Crippen LogP contribution in [0.5, 0.6) is 0 Å². The van der Waals surface area contributed by atoms with Crippen molar-refractivity contribution in [2.75, 3.05) is 23.9 Å². The van der Waals surface area contributed by atoms with Crippen molar-refractivity contribution in [1.82, 2.24) is 4.72 Å². The molecule has 0 aliphatic rings.